The molecule has 3 aromatic carbocycles. The third-order valence-electron chi connectivity index (χ3n) is 8.20. The van der Waals surface area contributed by atoms with Crippen LogP contribution in [0.3, 0.4) is 0 Å². The second-order valence-electron chi connectivity index (χ2n) is 11.5. The van der Waals surface area contributed by atoms with Gasteiger partial charge in [0.25, 0.3) is 0 Å². The van der Waals surface area contributed by atoms with Crippen LogP contribution in [0.5, 0.6) is 17.2 Å². The largest absolute Gasteiger partial charge is 0.497 e. The van der Waals surface area contributed by atoms with Crippen LogP contribution in [-0.4, -0.2) is 27.5 Å². The Kier molecular flexibility index (Phi) is 14.0. The van der Waals surface area contributed by atoms with Crippen molar-refractivity contribution in [2.45, 2.75) is 71.4 Å². The van der Waals surface area contributed by atoms with Crippen LogP contribution >= 0.6 is 0 Å². The highest BCUT2D eigenvalue weighted by Crippen LogP contribution is 2.30. The summed E-state index contributed by atoms with van der Waals surface area (Å²) >= 11 is 0. The highest BCUT2D eigenvalue weighted by Gasteiger charge is 2.26. The van der Waals surface area contributed by atoms with Crippen molar-refractivity contribution in [3.63, 3.8) is 0 Å². The van der Waals surface area contributed by atoms with Gasteiger partial charge in [0.2, 0.25) is 0 Å². The van der Waals surface area contributed by atoms with E-state index in [1.165, 1.54) is 48.7 Å². The molecule has 0 saturated carbocycles. The summed E-state index contributed by atoms with van der Waals surface area (Å²) in [5.41, 5.74) is 4.14. The van der Waals surface area contributed by atoms with Gasteiger partial charge in [-0.3, -0.25) is 0 Å². The number of nitrogens with zero attached hydrogens (tertiary/aromatic N) is 1. The van der Waals surface area contributed by atoms with Crippen molar-refractivity contribution in [1.29, 1.82) is 0 Å². The summed E-state index contributed by atoms with van der Waals surface area (Å²) in [7, 11) is 5.16. The van der Waals surface area contributed by atoms with Crippen LogP contribution in [0.4, 0.5) is 0 Å². The van der Waals surface area contributed by atoms with E-state index < -0.39 is 6.15 Å². The van der Waals surface area contributed by atoms with Crippen molar-refractivity contribution < 1.29 is 18.8 Å². The lowest BCUT2D eigenvalue weighted by molar-refractivity contribution is -0.697. The molecule has 1 aromatic heterocycles. The van der Waals surface area contributed by atoms with Crippen molar-refractivity contribution in [1.82, 2.24) is 0 Å². The van der Waals surface area contributed by atoms with Crippen molar-refractivity contribution in [3.05, 3.63) is 120 Å². The Balaban J connectivity index is 0.000000408. The average molecular weight is 568 g/mol. The predicted molar refractivity (Wildman–Crippen MR) is 177 cm³/mol. The molecule has 0 aliphatic carbocycles. The Hall–Kier alpha value is -3.73. The normalized spacial score (nSPS) is 10.9. The van der Waals surface area contributed by atoms with Crippen LogP contribution in [-0.2, 0) is 25.5 Å². The smallest absolute Gasteiger partial charge is 0.168 e. The van der Waals surface area contributed by atoms with Crippen LogP contribution in [0.15, 0.2) is 103 Å². The third-order valence-corrected chi connectivity index (χ3v) is 8.20. The minimum Gasteiger partial charge on any atom is -0.497 e. The van der Waals surface area contributed by atoms with E-state index in [0.29, 0.717) is 0 Å². The molecule has 0 fully saturated rings. The van der Waals surface area contributed by atoms with E-state index in [4.69, 9.17) is 14.2 Å². The van der Waals surface area contributed by atoms with Gasteiger partial charge in [-0.1, -0.05) is 92.3 Å². The fourth-order valence-corrected chi connectivity index (χ4v) is 5.87. The maximum Gasteiger partial charge on any atom is 0.168 e. The molecule has 5 heteroatoms. The summed E-state index contributed by atoms with van der Waals surface area (Å²) in [4.78, 5) is 0. The monoisotopic (exact) mass is 567 g/mol. The van der Waals surface area contributed by atoms with Crippen LogP contribution in [0.2, 0.25) is 6.32 Å². The molecule has 0 amide bonds. The van der Waals surface area contributed by atoms with Gasteiger partial charge >= 0.3 is 0 Å². The zero-order chi connectivity index (χ0) is 30.0. The average Bonchev–Trinajstić information content (AvgIpc) is 3.04. The lowest BCUT2D eigenvalue weighted by atomic mass is 9.16. The summed E-state index contributed by atoms with van der Waals surface area (Å²) in [5.74, 6) is 2.72. The molecule has 0 bridgehead atoms. The van der Waals surface area contributed by atoms with Crippen LogP contribution in [0, 0.1) is 0 Å². The quantitative estimate of drug-likeness (QED) is 0.107. The van der Waals surface area contributed by atoms with Crippen molar-refractivity contribution >= 4 is 6.15 Å². The van der Waals surface area contributed by atoms with E-state index in [0.717, 1.165) is 42.8 Å². The Morgan fingerprint density at radius 3 is 1.24 bits per heavy atom. The molecule has 1 heterocycles. The van der Waals surface area contributed by atoms with Gasteiger partial charge in [0.1, 0.15) is 23.8 Å². The van der Waals surface area contributed by atoms with Gasteiger partial charge in [-0.05, 0) is 36.4 Å². The summed E-state index contributed by atoms with van der Waals surface area (Å²) < 4.78 is 18.4. The Labute approximate surface area is 254 Å². The number of hydrogen-bond donors (Lipinski definition) is 0. The van der Waals surface area contributed by atoms with E-state index in [2.05, 4.69) is 116 Å². The van der Waals surface area contributed by atoms with E-state index in [9.17, 15) is 0 Å². The number of aryl methyl sites for hydroxylation is 1. The fraction of sp³-hybridized carbons (Fsp3) is 0.378. The number of unbranched alkanes of at least 4 members (excludes halogenated alkanes) is 2. The second kappa shape index (κ2) is 17.9. The van der Waals surface area contributed by atoms with Crippen molar-refractivity contribution in [2.24, 2.45) is 0 Å². The first kappa shape index (κ1) is 32.8. The van der Waals surface area contributed by atoms with Gasteiger partial charge < -0.3 is 14.2 Å². The molecular weight excluding hydrogens is 517 g/mol. The van der Waals surface area contributed by atoms with E-state index >= 15 is 0 Å². The molecular formula is C37H50BNO3. The molecule has 0 spiro atoms. The minimum absolute atomic E-state index is 0.720. The molecule has 0 saturated heterocycles. The third kappa shape index (κ3) is 10.9. The first-order chi connectivity index (χ1) is 20.5. The second-order valence-corrected chi connectivity index (χ2v) is 11.5. The Morgan fingerprint density at radius 1 is 0.524 bits per heavy atom. The molecule has 0 unspecified atom stereocenters. The van der Waals surface area contributed by atoms with Gasteiger partial charge in [0.15, 0.2) is 12.4 Å². The summed E-state index contributed by atoms with van der Waals surface area (Å²) in [6.07, 6.45) is 13.0. The molecule has 4 aromatic rings. The highest BCUT2D eigenvalue weighted by molar-refractivity contribution is 6.78. The standard InChI is InChI=1S/C28H36BO3.C9H14N/c1-5-6-19-29(20-23-7-13-26(30-2)14-8-23,21-24-9-15-27(31-3)16-10-24)22-25-11-17-28(32-4)18-12-25;1-2-3-7-10-8-5-4-6-9-10/h7-18H,5-6,19-22H2,1-4H3;4-6,8-9H,2-3,7H2,1H3/q-1;+1. The summed E-state index contributed by atoms with van der Waals surface area (Å²) in [6, 6.07) is 32.0. The zero-order valence-corrected chi connectivity index (χ0v) is 26.4. The predicted octanol–water partition coefficient (Wildman–Crippen LogP) is 8.38. The SMILES string of the molecule is CCCC[B-](Cc1ccc(OC)cc1)(Cc1ccc(OC)cc1)Cc1ccc(OC)cc1.CCCC[n+]1ccccc1. The topological polar surface area (TPSA) is 31.6 Å². The summed E-state index contributed by atoms with van der Waals surface area (Å²) in [5, 5.41) is 0. The van der Waals surface area contributed by atoms with Gasteiger partial charge in [-0.25, -0.2) is 4.57 Å². The zero-order valence-electron chi connectivity index (χ0n) is 26.4. The summed E-state index contributed by atoms with van der Waals surface area (Å²) in [6.45, 7) is 5.65. The molecule has 224 valence electrons. The van der Waals surface area contributed by atoms with Gasteiger partial charge in [0.05, 0.1) is 21.3 Å². The van der Waals surface area contributed by atoms with Crippen LogP contribution < -0.4 is 18.8 Å². The molecule has 0 atom stereocenters. The molecule has 0 N–H and O–H groups in total. The van der Waals surface area contributed by atoms with Crippen LogP contribution in [0.25, 0.3) is 0 Å². The minimum atomic E-state index is -0.720. The molecule has 0 aliphatic rings. The van der Waals surface area contributed by atoms with E-state index in [-0.39, 0.29) is 0 Å². The van der Waals surface area contributed by atoms with Gasteiger partial charge in [-0.2, -0.15) is 25.3 Å². The molecule has 4 nitrogen and oxygen atoms in total. The van der Waals surface area contributed by atoms with Gasteiger partial charge in [0, 0.05) is 24.7 Å². The molecule has 42 heavy (non-hydrogen) atoms. The number of aromatic nitrogens is 1. The highest BCUT2D eigenvalue weighted by atomic mass is 16.5. The Morgan fingerprint density at radius 2 is 0.905 bits per heavy atom. The fourth-order valence-electron chi connectivity index (χ4n) is 5.87. The first-order valence-corrected chi connectivity index (χ1v) is 15.6. The Bertz CT molecular complexity index is 1140. The lowest BCUT2D eigenvalue weighted by Crippen LogP contribution is -2.43. The maximum absolute atomic E-state index is 5.38. The molecule has 4 rings (SSSR count). The number of benzene rings is 3. The number of ether oxygens (including phenoxy) is 3. The maximum atomic E-state index is 5.38. The number of methoxy groups -OCH3 is 3. The van der Waals surface area contributed by atoms with E-state index in [1.54, 1.807) is 21.3 Å². The lowest BCUT2D eigenvalue weighted by Gasteiger charge is -2.41. The van der Waals surface area contributed by atoms with Crippen molar-refractivity contribution in [2.75, 3.05) is 21.3 Å². The number of hydrogen-bond acceptors (Lipinski definition) is 3. The van der Waals surface area contributed by atoms with Crippen LogP contribution in [0.1, 0.15) is 56.2 Å². The molecule has 0 radical (unpaired) electrons. The number of pyridine rings is 1. The van der Waals surface area contributed by atoms with Crippen molar-refractivity contribution in [3.8, 4) is 17.2 Å². The number of rotatable bonds is 15. The first-order valence-electron chi connectivity index (χ1n) is 15.6. The molecule has 0 aliphatic heterocycles. The van der Waals surface area contributed by atoms with E-state index in [1.807, 2.05) is 6.07 Å². The van der Waals surface area contributed by atoms with Gasteiger partial charge in [-0.15, -0.1) is 0 Å².